The Balaban J connectivity index is 2.14. The molecule has 0 spiro atoms. The summed E-state index contributed by atoms with van der Waals surface area (Å²) in [7, 11) is 1.77. The van der Waals surface area contributed by atoms with Crippen molar-refractivity contribution >= 4 is 0 Å². The molecule has 0 aromatic heterocycles. The van der Waals surface area contributed by atoms with Crippen molar-refractivity contribution in [3.63, 3.8) is 0 Å². The second-order valence-corrected chi connectivity index (χ2v) is 4.43. The molecule has 1 fully saturated rings. The van der Waals surface area contributed by atoms with Gasteiger partial charge >= 0.3 is 0 Å². The van der Waals surface area contributed by atoms with Crippen molar-refractivity contribution in [2.24, 2.45) is 5.92 Å². The van der Waals surface area contributed by atoms with Crippen LogP contribution in [0.15, 0.2) is 0 Å². The van der Waals surface area contributed by atoms with Crippen LogP contribution in [-0.4, -0.2) is 26.3 Å². The summed E-state index contributed by atoms with van der Waals surface area (Å²) >= 11 is 0. The number of nitrogens with one attached hydrogen (secondary N) is 1. The molecule has 1 saturated carbocycles. The first-order chi connectivity index (χ1) is 6.86. The van der Waals surface area contributed by atoms with Gasteiger partial charge in [-0.25, -0.2) is 0 Å². The zero-order valence-electron chi connectivity index (χ0n) is 9.72. The van der Waals surface area contributed by atoms with Crippen molar-refractivity contribution in [1.29, 1.82) is 0 Å². The lowest BCUT2D eigenvalue weighted by atomic mass is 9.98. The lowest BCUT2D eigenvalue weighted by Gasteiger charge is -2.16. The standard InChI is InChI=1S/C12H25NO/c1-3-11-5-4-6-12(8-7-11)13-9-10-14-2/h11-13H,3-10H2,1-2H3. The van der Waals surface area contributed by atoms with Crippen LogP contribution in [0.2, 0.25) is 0 Å². The molecule has 1 N–H and O–H groups in total. The molecule has 2 heteroatoms. The number of hydrogen-bond donors (Lipinski definition) is 1. The summed E-state index contributed by atoms with van der Waals surface area (Å²) in [6.45, 7) is 4.18. The molecule has 0 aromatic rings. The monoisotopic (exact) mass is 199 g/mol. The second-order valence-electron chi connectivity index (χ2n) is 4.43. The SMILES string of the molecule is CCC1CCCC(NCCOC)CC1. The highest BCUT2D eigenvalue weighted by Gasteiger charge is 2.16. The number of hydrogen-bond acceptors (Lipinski definition) is 2. The van der Waals surface area contributed by atoms with Gasteiger partial charge in [0.1, 0.15) is 0 Å². The van der Waals surface area contributed by atoms with Crippen LogP contribution < -0.4 is 5.32 Å². The van der Waals surface area contributed by atoms with Crippen molar-refractivity contribution < 1.29 is 4.74 Å². The van der Waals surface area contributed by atoms with Crippen molar-refractivity contribution in [2.45, 2.75) is 51.5 Å². The maximum Gasteiger partial charge on any atom is 0.0587 e. The molecule has 2 unspecified atom stereocenters. The van der Waals surface area contributed by atoms with E-state index >= 15 is 0 Å². The van der Waals surface area contributed by atoms with Crippen LogP contribution in [0, 0.1) is 5.92 Å². The molecule has 84 valence electrons. The highest BCUT2D eigenvalue weighted by atomic mass is 16.5. The predicted molar refractivity (Wildman–Crippen MR) is 60.5 cm³/mol. The van der Waals surface area contributed by atoms with Gasteiger partial charge in [0, 0.05) is 19.7 Å². The van der Waals surface area contributed by atoms with E-state index in [0.717, 1.165) is 25.1 Å². The molecule has 2 nitrogen and oxygen atoms in total. The summed E-state index contributed by atoms with van der Waals surface area (Å²) in [5, 5.41) is 3.58. The average molecular weight is 199 g/mol. The second kappa shape index (κ2) is 7.24. The minimum Gasteiger partial charge on any atom is -0.383 e. The van der Waals surface area contributed by atoms with Gasteiger partial charge in [0.2, 0.25) is 0 Å². The van der Waals surface area contributed by atoms with Crippen molar-refractivity contribution in [3.8, 4) is 0 Å². The Morgan fingerprint density at radius 2 is 2.07 bits per heavy atom. The third-order valence-corrected chi connectivity index (χ3v) is 3.40. The van der Waals surface area contributed by atoms with E-state index in [1.165, 1.54) is 38.5 Å². The third kappa shape index (κ3) is 4.43. The Hall–Kier alpha value is -0.0800. The van der Waals surface area contributed by atoms with Gasteiger partial charge in [-0.2, -0.15) is 0 Å². The maximum absolute atomic E-state index is 5.04. The molecular formula is C12H25NO. The number of rotatable bonds is 5. The van der Waals surface area contributed by atoms with Crippen LogP contribution >= 0.6 is 0 Å². The Morgan fingerprint density at radius 1 is 1.21 bits per heavy atom. The minimum absolute atomic E-state index is 0.752. The van der Waals surface area contributed by atoms with E-state index in [-0.39, 0.29) is 0 Å². The van der Waals surface area contributed by atoms with Crippen LogP contribution in [0.4, 0.5) is 0 Å². The van der Waals surface area contributed by atoms with Gasteiger partial charge in [-0.3, -0.25) is 0 Å². The van der Waals surface area contributed by atoms with Gasteiger partial charge in [-0.1, -0.05) is 26.2 Å². The van der Waals surface area contributed by atoms with Crippen molar-refractivity contribution in [1.82, 2.24) is 5.32 Å². The summed E-state index contributed by atoms with van der Waals surface area (Å²) < 4.78 is 5.04. The number of methoxy groups -OCH3 is 1. The van der Waals surface area contributed by atoms with Crippen molar-refractivity contribution in [2.75, 3.05) is 20.3 Å². The van der Waals surface area contributed by atoms with Crippen LogP contribution in [0.5, 0.6) is 0 Å². The fraction of sp³-hybridized carbons (Fsp3) is 1.00. The quantitative estimate of drug-likeness (QED) is 0.543. The fourth-order valence-corrected chi connectivity index (χ4v) is 2.36. The van der Waals surface area contributed by atoms with Gasteiger partial charge < -0.3 is 10.1 Å². The largest absolute Gasteiger partial charge is 0.383 e. The molecule has 0 aliphatic heterocycles. The molecule has 0 heterocycles. The van der Waals surface area contributed by atoms with E-state index in [4.69, 9.17) is 4.74 Å². The molecular weight excluding hydrogens is 174 g/mol. The normalized spacial score (nSPS) is 28.7. The summed E-state index contributed by atoms with van der Waals surface area (Å²) in [5.74, 6) is 0.990. The lowest BCUT2D eigenvalue weighted by Crippen LogP contribution is -2.31. The molecule has 1 aliphatic carbocycles. The summed E-state index contributed by atoms with van der Waals surface area (Å²) in [6.07, 6.45) is 8.36. The highest BCUT2D eigenvalue weighted by molar-refractivity contribution is 4.74. The molecule has 0 amide bonds. The first kappa shape index (κ1) is 12.0. The van der Waals surface area contributed by atoms with E-state index in [2.05, 4.69) is 12.2 Å². The smallest absolute Gasteiger partial charge is 0.0587 e. The first-order valence-electron chi connectivity index (χ1n) is 6.09. The molecule has 1 aliphatic rings. The Bertz CT molecular complexity index is 138. The lowest BCUT2D eigenvalue weighted by molar-refractivity contribution is 0.194. The van der Waals surface area contributed by atoms with Crippen LogP contribution in [0.3, 0.4) is 0 Å². The van der Waals surface area contributed by atoms with Gasteiger partial charge in [0.15, 0.2) is 0 Å². The van der Waals surface area contributed by atoms with Crippen LogP contribution in [-0.2, 0) is 4.74 Å². The van der Waals surface area contributed by atoms with Gasteiger partial charge in [-0.15, -0.1) is 0 Å². The van der Waals surface area contributed by atoms with E-state index < -0.39 is 0 Å². The molecule has 2 atom stereocenters. The average Bonchev–Trinajstić information content (AvgIpc) is 2.43. The van der Waals surface area contributed by atoms with Crippen molar-refractivity contribution in [3.05, 3.63) is 0 Å². The Morgan fingerprint density at radius 3 is 2.79 bits per heavy atom. The Kier molecular flexibility index (Phi) is 6.20. The molecule has 1 rings (SSSR count). The van der Waals surface area contributed by atoms with E-state index in [9.17, 15) is 0 Å². The summed E-state index contributed by atoms with van der Waals surface area (Å²) in [5.41, 5.74) is 0. The van der Waals surface area contributed by atoms with Crippen LogP contribution in [0.25, 0.3) is 0 Å². The van der Waals surface area contributed by atoms with E-state index in [0.29, 0.717) is 0 Å². The zero-order chi connectivity index (χ0) is 10.2. The number of ether oxygens (including phenoxy) is 1. The van der Waals surface area contributed by atoms with Crippen LogP contribution in [0.1, 0.15) is 45.4 Å². The minimum atomic E-state index is 0.752. The van der Waals surface area contributed by atoms with Gasteiger partial charge in [0.05, 0.1) is 6.61 Å². The third-order valence-electron chi connectivity index (χ3n) is 3.40. The Labute approximate surface area is 88.4 Å². The summed E-state index contributed by atoms with van der Waals surface area (Å²) in [4.78, 5) is 0. The molecule has 14 heavy (non-hydrogen) atoms. The maximum atomic E-state index is 5.04. The fourth-order valence-electron chi connectivity index (χ4n) is 2.36. The highest BCUT2D eigenvalue weighted by Crippen LogP contribution is 2.25. The summed E-state index contributed by atoms with van der Waals surface area (Å²) in [6, 6.07) is 0.752. The zero-order valence-corrected chi connectivity index (χ0v) is 9.72. The molecule has 0 bridgehead atoms. The van der Waals surface area contributed by atoms with E-state index in [1.807, 2.05) is 0 Å². The predicted octanol–water partition coefficient (Wildman–Crippen LogP) is 2.58. The molecule has 0 saturated heterocycles. The van der Waals surface area contributed by atoms with Gasteiger partial charge in [-0.05, 0) is 25.2 Å². The topological polar surface area (TPSA) is 21.3 Å². The molecule has 0 radical (unpaired) electrons. The van der Waals surface area contributed by atoms with Gasteiger partial charge in [0.25, 0.3) is 0 Å². The first-order valence-corrected chi connectivity index (χ1v) is 6.09. The molecule has 0 aromatic carbocycles. The van der Waals surface area contributed by atoms with E-state index in [1.54, 1.807) is 7.11 Å².